The first-order chi connectivity index (χ1) is 22.8. The predicted molar refractivity (Wildman–Crippen MR) is 179 cm³/mol. The summed E-state index contributed by atoms with van der Waals surface area (Å²) in [6, 6.07) is 8.29. The fourth-order valence-electron chi connectivity index (χ4n) is 8.16. The van der Waals surface area contributed by atoms with Crippen LogP contribution in [0.3, 0.4) is 0 Å². The van der Waals surface area contributed by atoms with Gasteiger partial charge in [0.05, 0.1) is 51.6 Å². The topological polar surface area (TPSA) is 133 Å². The third-order valence-electron chi connectivity index (χ3n) is 10.7. The Morgan fingerprint density at radius 2 is 1.94 bits per heavy atom. The molecule has 9 rings (SSSR count). The first-order valence-electron chi connectivity index (χ1n) is 16.5. The van der Waals surface area contributed by atoms with Gasteiger partial charge in [0.2, 0.25) is 11.8 Å². The summed E-state index contributed by atoms with van der Waals surface area (Å²) in [4.78, 5) is 15.7. The van der Waals surface area contributed by atoms with Gasteiger partial charge < -0.3 is 14.5 Å². The second kappa shape index (κ2) is 10.9. The maximum absolute atomic E-state index is 14.2. The molecule has 47 heavy (non-hydrogen) atoms. The molecule has 0 bridgehead atoms. The van der Waals surface area contributed by atoms with Gasteiger partial charge in [-0.1, -0.05) is 19.9 Å². The molecule has 1 N–H and O–H groups in total. The van der Waals surface area contributed by atoms with Gasteiger partial charge in [0.1, 0.15) is 5.82 Å². The Labute approximate surface area is 277 Å². The van der Waals surface area contributed by atoms with Gasteiger partial charge >= 0.3 is 0 Å². The van der Waals surface area contributed by atoms with E-state index in [-0.39, 0.29) is 23.6 Å². The van der Waals surface area contributed by atoms with Crippen LogP contribution in [0.25, 0.3) is 32.0 Å². The summed E-state index contributed by atoms with van der Waals surface area (Å²) in [5, 5.41) is 13.3. The van der Waals surface area contributed by atoms with Crippen LogP contribution in [0.2, 0.25) is 0 Å². The van der Waals surface area contributed by atoms with Gasteiger partial charge in [0.15, 0.2) is 9.84 Å². The fraction of sp³-hybridized carbons (Fsp3) is 0.457. The van der Waals surface area contributed by atoms with Crippen molar-refractivity contribution in [2.75, 3.05) is 24.3 Å². The molecule has 4 aliphatic rings. The number of aryl methyl sites for hydroxylation is 3. The maximum Gasteiger partial charge on any atom is 0.250 e. The molecule has 1 saturated heterocycles. The SMILES string of the molecule is Cc1nnc(-c2c(CCC3C4COCC34)nc3c(c2-c2cc4ccnc(N[C@@H]5CCc6ncccc65)c4s2)S(=O)(=O)C[C@@H]3C(C)C)o1. The van der Waals surface area contributed by atoms with E-state index >= 15 is 0 Å². The smallest absolute Gasteiger partial charge is 0.250 e. The highest BCUT2D eigenvalue weighted by molar-refractivity contribution is 7.92. The average Bonchev–Trinajstić information content (AvgIpc) is 3.71. The van der Waals surface area contributed by atoms with E-state index in [4.69, 9.17) is 19.1 Å². The Bertz CT molecular complexity index is 2150. The maximum atomic E-state index is 14.2. The number of thiophene rings is 1. The summed E-state index contributed by atoms with van der Waals surface area (Å²) in [5.74, 6) is 3.32. The normalized spacial score (nSPS) is 25.3. The number of nitrogens with zero attached hydrogens (tertiary/aromatic N) is 5. The molecule has 5 aromatic heterocycles. The molecule has 12 heteroatoms. The summed E-state index contributed by atoms with van der Waals surface area (Å²) >= 11 is 1.55. The molecule has 1 saturated carbocycles. The summed E-state index contributed by atoms with van der Waals surface area (Å²) in [5.41, 5.74) is 5.11. The summed E-state index contributed by atoms with van der Waals surface area (Å²) in [7, 11) is -3.65. The Balaban J connectivity index is 1.22. The zero-order valence-electron chi connectivity index (χ0n) is 26.6. The molecule has 0 spiro atoms. The molecule has 4 atom stereocenters. The van der Waals surface area contributed by atoms with Gasteiger partial charge in [0.25, 0.3) is 0 Å². The molecule has 0 aromatic carbocycles. The lowest BCUT2D eigenvalue weighted by atomic mass is 9.90. The summed E-state index contributed by atoms with van der Waals surface area (Å²) in [6.07, 6.45) is 7.18. The van der Waals surface area contributed by atoms with E-state index in [0.29, 0.717) is 57.7 Å². The lowest BCUT2D eigenvalue weighted by Crippen LogP contribution is -2.11. The fourth-order valence-corrected chi connectivity index (χ4v) is 11.6. The van der Waals surface area contributed by atoms with Crippen molar-refractivity contribution in [2.24, 2.45) is 23.7 Å². The van der Waals surface area contributed by atoms with Crippen LogP contribution in [0, 0.1) is 30.6 Å². The van der Waals surface area contributed by atoms with Crippen LogP contribution >= 0.6 is 11.3 Å². The zero-order chi connectivity index (χ0) is 32.0. The van der Waals surface area contributed by atoms with E-state index in [1.165, 1.54) is 5.56 Å². The van der Waals surface area contributed by atoms with Gasteiger partial charge in [-0.15, -0.1) is 21.5 Å². The first kappa shape index (κ1) is 29.4. The van der Waals surface area contributed by atoms with Crippen LogP contribution in [0.1, 0.15) is 67.2 Å². The van der Waals surface area contributed by atoms with Gasteiger partial charge in [-0.3, -0.25) is 9.97 Å². The number of aromatic nitrogens is 5. The third kappa shape index (κ3) is 4.82. The minimum atomic E-state index is -3.65. The molecule has 10 nitrogen and oxygen atoms in total. The number of nitrogens with one attached hydrogen (secondary N) is 1. The number of hydrogen-bond donors (Lipinski definition) is 1. The Morgan fingerprint density at radius 3 is 2.72 bits per heavy atom. The number of ether oxygens (including phenoxy) is 1. The summed E-state index contributed by atoms with van der Waals surface area (Å²) < 4.78 is 41.0. The van der Waals surface area contributed by atoms with Crippen LogP contribution in [-0.4, -0.2) is 52.5 Å². The Hall–Kier alpha value is -3.74. The Morgan fingerprint density at radius 1 is 1.09 bits per heavy atom. The summed E-state index contributed by atoms with van der Waals surface area (Å²) in [6.45, 7) is 7.58. The Kier molecular flexibility index (Phi) is 6.82. The van der Waals surface area contributed by atoms with Crippen molar-refractivity contribution in [3.63, 3.8) is 0 Å². The minimum Gasteiger partial charge on any atom is -0.421 e. The number of rotatable bonds is 8. The number of anilines is 1. The van der Waals surface area contributed by atoms with Gasteiger partial charge in [-0.2, -0.15) is 0 Å². The lowest BCUT2D eigenvalue weighted by Gasteiger charge is -2.18. The zero-order valence-corrected chi connectivity index (χ0v) is 28.2. The van der Waals surface area contributed by atoms with E-state index in [2.05, 4.69) is 46.5 Å². The van der Waals surface area contributed by atoms with E-state index in [9.17, 15) is 8.42 Å². The van der Waals surface area contributed by atoms with Crippen molar-refractivity contribution in [3.05, 3.63) is 65.2 Å². The minimum absolute atomic E-state index is 0.0459. The number of sulfone groups is 1. The van der Waals surface area contributed by atoms with Gasteiger partial charge in [0, 0.05) is 41.4 Å². The van der Waals surface area contributed by atoms with Crippen molar-refractivity contribution in [2.45, 2.75) is 63.3 Å². The molecule has 2 unspecified atom stereocenters. The molecule has 2 aliphatic carbocycles. The van der Waals surface area contributed by atoms with Crippen LogP contribution in [0.5, 0.6) is 0 Å². The van der Waals surface area contributed by atoms with Crippen LogP contribution < -0.4 is 5.32 Å². The van der Waals surface area contributed by atoms with Crippen molar-refractivity contribution in [1.82, 2.24) is 25.1 Å². The largest absolute Gasteiger partial charge is 0.421 e. The van der Waals surface area contributed by atoms with Crippen LogP contribution in [-0.2, 0) is 27.4 Å². The molecule has 2 aliphatic heterocycles. The lowest BCUT2D eigenvalue weighted by molar-refractivity contribution is 0.149. The van der Waals surface area contributed by atoms with Gasteiger partial charge in [-0.05, 0) is 78.5 Å². The average molecular weight is 669 g/mol. The third-order valence-corrected chi connectivity index (χ3v) is 13.7. The molecular formula is C35H36N6O4S2. The quantitative estimate of drug-likeness (QED) is 0.194. The number of pyridine rings is 3. The van der Waals surface area contributed by atoms with Crippen molar-refractivity contribution >= 4 is 37.1 Å². The first-order valence-corrected chi connectivity index (χ1v) is 19.0. The van der Waals surface area contributed by atoms with Crippen molar-refractivity contribution in [3.8, 4) is 21.9 Å². The molecule has 5 aromatic rings. The molecule has 242 valence electrons. The molecule has 0 amide bonds. The highest BCUT2D eigenvalue weighted by Crippen LogP contribution is 2.55. The van der Waals surface area contributed by atoms with Crippen molar-refractivity contribution < 1.29 is 17.6 Å². The van der Waals surface area contributed by atoms with E-state index in [1.54, 1.807) is 18.3 Å². The standard InChI is InChI=1S/C35H36N6O4S2/c1-17(2)24-16-47(42,43)33-30(28-13-19-10-12-37-34(32(19)46-28)39-26-9-8-25-21(26)5-4-11-36-25)29(35-41-40-18(3)45-35)27(38-31(24)33)7-6-20-22-14-44-15-23(20)22/h4-5,10-13,17,20,22-24,26H,6-9,14-16H2,1-3H3,(H,37,39)/t20?,22?,23?,24-,26-/m1/s1. The monoisotopic (exact) mass is 668 g/mol. The second-order valence-electron chi connectivity index (χ2n) is 13.8. The molecular weight excluding hydrogens is 633 g/mol. The predicted octanol–water partition coefficient (Wildman–Crippen LogP) is 6.56. The highest BCUT2D eigenvalue weighted by Gasteiger charge is 2.53. The van der Waals surface area contributed by atoms with E-state index in [0.717, 1.165) is 64.6 Å². The number of fused-ring (bicyclic) bond motifs is 4. The molecule has 0 radical (unpaired) electrons. The van der Waals surface area contributed by atoms with Crippen LogP contribution in [0.4, 0.5) is 5.82 Å². The molecule has 7 heterocycles. The van der Waals surface area contributed by atoms with E-state index < -0.39 is 9.84 Å². The van der Waals surface area contributed by atoms with E-state index in [1.807, 2.05) is 24.5 Å². The van der Waals surface area contributed by atoms with Crippen LogP contribution in [0.15, 0.2) is 46.0 Å². The molecule has 2 fully saturated rings. The number of hydrogen-bond acceptors (Lipinski definition) is 11. The highest BCUT2D eigenvalue weighted by atomic mass is 32.2. The van der Waals surface area contributed by atoms with Crippen molar-refractivity contribution in [1.29, 1.82) is 0 Å². The second-order valence-corrected chi connectivity index (χ2v) is 16.8. The van der Waals surface area contributed by atoms with Gasteiger partial charge in [-0.25, -0.2) is 13.4 Å².